The third-order valence-electron chi connectivity index (χ3n) is 2.63. The summed E-state index contributed by atoms with van der Waals surface area (Å²) in [5, 5.41) is 13.4. The minimum atomic E-state index is -0.517. The molecular weight excluding hydrogens is 360 g/mol. The monoisotopic (exact) mass is 370 g/mol. The second-order valence-electron chi connectivity index (χ2n) is 4.07. The Bertz CT molecular complexity index is 687. The maximum absolute atomic E-state index is 12.0. The van der Waals surface area contributed by atoms with E-state index in [2.05, 4.69) is 21.2 Å². The van der Waals surface area contributed by atoms with Gasteiger partial charge in [0.15, 0.2) is 0 Å². The molecule has 1 heterocycles. The van der Waals surface area contributed by atoms with Gasteiger partial charge in [-0.25, -0.2) is 0 Å². The maximum Gasteiger partial charge on any atom is 0.273 e. The van der Waals surface area contributed by atoms with Gasteiger partial charge in [0.2, 0.25) is 5.91 Å². The summed E-state index contributed by atoms with van der Waals surface area (Å²) in [6.07, 6.45) is 0.233. The number of methoxy groups -OCH3 is 1. The van der Waals surface area contributed by atoms with E-state index in [0.717, 1.165) is 8.66 Å². The van der Waals surface area contributed by atoms with Crippen molar-refractivity contribution in [2.75, 3.05) is 12.4 Å². The van der Waals surface area contributed by atoms with Gasteiger partial charge in [0, 0.05) is 10.9 Å². The Morgan fingerprint density at radius 2 is 2.19 bits per heavy atom. The predicted octanol–water partition coefficient (Wildman–Crippen LogP) is 3.61. The summed E-state index contributed by atoms with van der Waals surface area (Å²) in [5.41, 5.74) is 0.316. The van der Waals surface area contributed by atoms with Gasteiger partial charge in [0.1, 0.15) is 5.75 Å². The smallest absolute Gasteiger partial charge is 0.273 e. The van der Waals surface area contributed by atoms with Crippen LogP contribution >= 0.6 is 27.3 Å². The Kier molecular flexibility index (Phi) is 4.92. The zero-order valence-corrected chi connectivity index (χ0v) is 13.4. The van der Waals surface area contributed by atoms with Crippen molar-refractivity contribution in [1.29, 1.82) is 0 Å². The average Bonchev–Trinajstić information content (AvgIpc) is 2.84. The van der Waals surface area contributed by atoms with E-state index in [-0.39, 0.29) is 23.8 Å². The van der Waals surface area contributed by atoms with Crippen LogP contribution in [0.5, 0.6) is 5.75 Å². The van der Waals surface area contributed by atoms with Crippen LogP contribution in [0.4, 0.5) is 11.4 Å². The number of hydrogen-bond donors (Lipinski definition) is 1. The van der Waals surface area contributed by atoms with Gasteiger partial charge >= 0.3 is 0 Å². The van der Waals surface area contributed by atoms with Crippen LogP contribution < -0.4 is 10.1 Å². The summed E-state index contributed by atoms with van der Waals surface area (Å²) in [4.78, 5) is 23.1. The maximum atomic E-state index is 12.0. The van der Waals surface area contributed by atoms with Crippen molar-refractivity contribution in [3.05, 3.63) is 49.1 Å². The minimum Gasteiger partial charge on any atom is -0.494 e. The molecule has 1 aromatic carbocycles. The van der Waals surface area contributed by atoms with Crippen LogP contribution in [0.15, 0.2) is 34.1 Å². The summed E-state index contributed by atoms with van der Waals surface area (Å²) in [7, 11) is 1.39. The normalized spacial score (nSPS) is 10.2. The third-order valence-corrected chi connectivity index (χ3v) is 4.26. The van der Waals surface area contributed by atoms with E-state index in [1.54, 1.807) is 0 Å². The number of amides is 1. The largest absolute Gasteiger partial charge is 0.494 e. The second kappa shape index (κ2) is 6.68. The number of nitrogens with zero attached hydrogens (tertiary/aromatic N) is 1. The highest BCUT2D eigenvalue weighted by molar-refractivity contribution is 9.11. The lowest BCUT2D eigenvalue weighted by atomic mass is 10.2. The van der Waals surface area contributed by atoms with E-state index >= 15 is 0 Å². The lowest BCUT2D eigenvalue weighted by Gasteiger charge is -2.09. The number of ether oxygens (including phenoxy) is 1. The van der Waals surface area contributed by atoms with Gasteiger partial charge in [0.05, 0.1) is 34.0 Å². The summed E-state index contributed by atoms with van der Waals surface area (Å²) < 4.78 is 6.02. The average molecular weight is 371 g/mol. The Morgan fingerprint density at radius 1 is 1.43 bits per heavy atom. The molecule has 0 spiro atoms. The third kappa shape index (κ3) is 4.02. The number of hydrogen-bond acceptors (Lipinski definition) is 5. The summed E-state index contributed by atoms with van der Waals surface area (Å²) in [5.74, 6) is 0.0430. The molecule has 2 rings (SSSR count). The van der Waals surface area contributed by atoms with Gasteiger partial charge in [-0.15, -0.1) is 11.3 Å². The van der Waals surface area contributed by atoms with E-state index in [4.69, 9.17) is 4.74 Å². The molecule has 0 radical (unpaired) electrons. The number of nitro benzene ring substituents is 1. The second-order valence-corrected chi connectivity index (χ2v) is 6.62. The molecule has 21 heavy (non-hydrogen) atoms. The molecule has 1 amide bonds. The molecule has 110 valence electrons. The number of carbonyl (C=O) groups is 1. The fourth-order valence-corrected chi connectivity index (χ4v) is 3.18. The van der Waals surface area contributed by atoms with Crippen molar-refractivity contribution in [3.8, 4) is 5.75 Å². The Balaban J connectivity index is 2.11. The number of benzene rings is 1. The van der Waals surface area contributed by atoms with Gasteiger partial charge in [-0.05, 0) is 34.1 Å². The van der Waals surface area contributed by atoms with Crippen LogP contribution in [0.25, 0.3) is 0 Å². The first-order chi connectivity index (χ1) is 9.99. The molecule has 1 aromatic heterocycles. The molecular formula is C13H11BrN2O4S. The Labute approximate surface area is 133 Å². The fraction of sp³-hybridized carbons (Fsp3) is 0.154. The molecule has 0 bridgehead atoms. The van der Waals surface area contributed by atoms with Crippen LogP contribution in [0.3, 0.4) is 0 Å². The molecule has 2 aromatic rings. The summed E-state index contributed by atoms with van der Waals surface area (Å²) in [6.45, 7) is 0. The van der Waals surface area contributed by atoms with E-state index < -0.39 is 4.92 Å². The zero-order valence-electron chi connectivity index (χ0n) is 11.0. The number of nitrogens with one attached hydrogen (secondary N) is 1. The molecule has 0 saturated carbocycles. The van der Waals surface area contributed by atoms with Crippen LogP contribution in [0, 0.1) is 10.1 Å². The predicted molar refractivity (Wildman–Crippen MR) is 84.0 cm³/mol. The van der Waals surface area contributed by atoms with Crippen molar-refractivity contribution >= 4 is 44.5 Å². The van der Waals surface area contributed by atoms with E-state index in [1.165, 1.54) is 36.6 Å². The summed E-state index contributed by atoms with van der Waals surface area (Å²) in [6, 6.07) is 7.79. The van der Waals surface area contributed by atoms with E-state index in [1.807, 2.05) is 12.1 Å². The molecule has 0 aliphatic carbocycles. The molecule has 0 atom stereocenters. The van der Waals surface area contributed by atoms with Gasteiger partial charge in [-0.2, -0.15) is 0 Å². The van der Waals surface area contributed by atoms with Gasteiger partial charge in [-0.3, -0.25) is 14.9 Å². The van der Waals surface area contributed by atoms with Crippen LogP contribution in [-0.4, -0.2) is 17.9 Å². The highest BCUT2D eigenvalue weighted by Crippen LogP contribution is 2.29. The van der Waals surface area contributed by atoms with Crippen molar-refractivity contribution in [1.82, 2.24) is 0 Å². The lowest BCUT2D eigenvalue weighted by molar-refractivity contribution is -0.384. The first kappa shape index (κ1) is 15.5. The first-order valence-electron chi connectivity index (χ1n) is 5.86. The number of carbonyl (C=O) groups excluding carboxylic acids is 1. The van der Waals surface area contributed by atoms with E-state index in [0.29, 0.717) is 5.69 Å². The molecule has 0 unspecified atom stereocenters. The molecule has 0 aliphatic rings. The van der Waals surface area contributed by atoms with Crippen LogP contribution in [0.2, 0.25) is 0 Å². The molecule has 1 N–H and O–H groups in total. The zero-order chi connectivity index (χ0) is 15.4. The Morgan fingerprint density at radius 3 is 2.76 bits per heavy atom. The quantitative estimate of drug-likeness (QED) is 0.643. The van der Waals surface area contributed by atoms with E-state index in [9.17, 15) is 14.9 Å². The number of rotatable bonds is 5. The molecule has 8 heteroatoms. The van der Waals surface area contributed by atoms with Gasteiger partial charge < -0.3 is 10.1 Å². The van der Waals surface area contributed by atoms with Crippen LogP contribution in [-0.2, 0) is 11.2 Å². The van der Waals surface area contributed by atoms with Gasteiger partial charge in [0.25, 0.3) is 5.69 Å². The highest BCUT2D eigenvalue weighted by atomic mass is 79.9. The standard InChI is InChI=1S/C13H11BrN2O4S/c1-20-11-6-8(16(18)19)2-4-10(11)15-13(17)7-9-3-5-12(14)21-9/h2-6H,7H2,1H3,(H,15,17). The van der Waals surface area contributed by atoms with Crippen molar-refractivity contribution in [2.24, 2.45) is 0 Å². The molecule has 0 aliphatic heterocycles. The fourth-order valence-electron chi connectivity index (χ4n) is 1.70. The van der Waals surface area contributed by atoms with Crippen molar-refractivity contribution in [3.63, 3.8) is 0 Å². The van der Waals surface area contributed by atoms with Crippen molar-refractivity contribution < 1.29 is 14.5 Å². The minimum absolute atomic E-state index is 0.0907. The highest BCUT2D eigenvalue weighted by Gasteiger charge is 2.14. The molecule has 0 fully saturated rings. The first-order valence-corrected chi connectivity index (χ1v) is 7.47. The summed E-state index contributed by atoms with van der Waals surface area (Å²) >= 11 is 4.81. The SMILES string of the molecule is COc1cc([N+](=O)[O-])ccc1NC(=O)Cc1ccc(Br)s1. The number of nitro groups is 1. The van der Waals surface area contributed by atoms with Crippen molar-refractivity contribution in [2.45, 2.75) is 6.42 Å². The van der Waals surface area contributed by atoms with Gasteiger partial charge in [-0.1, -0.05) is 0 Å². The molecule has 6 nitrogen and oxygen atoms in total. The number of thiophene rings is 1. The Hall–Kier alpha value is -1.93. The topological polar surface area (TPSA) is 81.5 Å². The number of anilines is 1. The van der Waals surface area contributed by atoms with Crippen LogP contribution in [0.1, 0.15) is 4.88 Å². The molecule has 0 saturated heterocycles. The number of non-ortho nitro benzene ring substituents is 1. The lowest BCUT2D eigenvalue weighted by Crippen LogP contribution is -2.14. The number of halogens is 1.